The molecular weight excluding hydrogens is 412 g/mol. The van der Waals surface area contributed by atoms with Crippen LogP contribution < -0.4 is 14.8 Å². The van der Waals surface area contributed by atoms with Gasteiger partial charge in [0.1, 0.15) is 17.2 Å². The number of ether oxygens (including phenoxy) is 2. The Morgan fingerprint density at radius 1 is 1.06 bits per heavy atom. The molecule has 8 heteroatoms. The predicted molar refractivity (Wildman–Crippen MR) is 122 cm³/mol. The van der Waals surface area contributed by atoms with Crippen LogP contribution >= 0.6 is 11.3 Å². The lowest BCUT2D eigenvalue weighted by atomic mass is 10.1. The minimum Gasteiger partial charge on any atom is -0.497 e. The number of carbonyl (C=O) groups is 1. The zero-order valence-corrected chi connectivity index (χ0v) is 18.5. The molecule has 7 nitrogen and oxygen atoms in total. The van der Waals surface area contributed by atoms with Gasteiger partial charge >= 0.3 is 0 Å². The zero-order valence-electron chi connectivity index (χ0n) is 17.7. The van der Waals surface area contributed by atoms with Crippen molar-refractivity contribution in [2.24, 2.45) is 0 Å². The van der Waals surface area contributed by atoms with E-state index in [0.29, 0.717) is 33.5 Å². The average Bonchev–Trinajstić information content (AvgIpc) is 3.37. The molecule has 31 heavy (non-hydrogen) atoms. The second-order valence-electron chi connectivity index (χ2n) is 6.85. The van der Waals surface area contributed by atoms with Crippen molar-refractivity contribution in [3.8, 4) is 28.4 Å². The van der Waals surface area contributed by atoms with Crippen LogP contribution in [-0.4, -0.2) is 34.9 Å². The van der Waals surface area contributed by atoms with Gasteiger partial charge in [-0.05, 0) is 38.1 Å². The summed E-state index contributed by atoms with van der Waals surface area (Å²) in [6.45, 7) is 3.90. The Labute approximate surface area is 184 Å². The van der Waals surface area contributed by atoms with E-state index in [4.69, 9.17) is 14.6 Å². The van der Waals surface area contributed by atoms with E-state index in [1.54, 1.807) is 31.2 Å². The fourth-order valence-electron chi connectivity index (χ4n) is 3.14. The molecule has 2 aromatic carbocycles. The first-order chi connectivity index (χ1) is 15.0. The molecule has 0 atom stereocenters. The number of nitrogens with one attached hydrogen (secondary N) is 1. The number of benzene rings is 2. The highest BCUT2D eigenvalue weighted by atomic mass is 32.1. The Hall–Kier alpha value is -3.65. The number of para-hydroxylation sites is 1. The number of aromatic nitrogens is 3. The van der Waals surface area contributed by atoms with Crippen LogP contribution in [0.15, 0.2) is 54.7 Å². The topological polar surface area (TPSA) is 78.3 Å². The van der Waals surface area contributed by atoms with E-state index in [9.17, 15) is 4.79 Å². The van der Waals surface area contributed by atoms with Gasteiger partial charge in [-0.25, -0.2) is 9.67 Å². The van der Waals surface area contributed by atoms with Gasteiger partial charge in [-0.1, -0.05) is 18.2 Å². The standard InChI is InChI=1S/C23H22N4O3S/c1-14-15(2)31-23(24-14)25-22(28)19-13-27(16-8-6-5-7-9-16)26-21(19)18-11-10-17(29-3)12-20(18)30-4/h5-13H,1-4H3,(H,24,25,28). The van der Waals surface area contributed by atoms with Gasteiger partial charge in [0.2, 0.25) is 0 Å². The number of methoxy groups -OCH3 is 2. The van der Waals surface area contributed by atoms with Gasteiger partial charge in [0.05, 0.1) is 31.2 Å². The molecule has 0 saturated heterocycles. The van der Waals surface area contributed by atoms with Crippen molar-refractivity contribution in [3.63, 3.8) is 0 Å². The fourth-order valence-corrected chi connectivity index (χ4v) is 3.95. The largest absolute Gasteiger partial charge is 0.497 e. The minimum absolute atomic E-state index is 0.288. The number of thiazole rings is 1. The Kier molecular flexibility index (Phi) is 5.73. The van der Waals surface area contributed by atoms with Crippen molar-refractivity contribution in [2.45, 2.75) is 13.8 Å². The number of rotatable bonds is 6. The monoisotopic (exact) mass is 434 g/mol. The first-order valence-electron chi connectivity index (χ1n) is 9.63. The summed E-state index contributed by atoms with van der Waals surface area (Å²) < 4.78 is 12.5. The molecular formula is C23H22N4O3S. The summed E-state index contributed by atoms with van der Waals surface area (Å²) in [5.41, 5.74) is 3.35. The Balaban J connectivity index is 1.81. The summed E-state index contributed by atoms with van der Waals surface area (Å²) in [5.74, 6) is 0.930. The minimum atomic E-state index is -0.288. The van der Waals surface area contributed by atoms with E-state index in [1.165, 1.54) is 11.3 Å². The van der Waals surface area contributed by atoms with Crippen LogP contribution in [0.25, 0.3) is 16.9 Å². The summed E-state index contributed by atoms with van der Waals surface area (Å²) in [5, 5.41) is 8.18. The van der Waals surface area contributed by atoms with E-state index < -0.39 is 0 Å². The quantitative estimate of drug-likeness (QED) is 0.468. The molecule has 158 valence electrons. The normalized spacial score (nSPS) is 10.7. The second kappa shape index (κ2) is 8.61. The second-order valence-corrected chi connectivity index (χ2v) is 8.06. The van der Waals surface area contributed by atoms with Crippen LogP contribution in [0.2, 0.25) is 0 Å². The van der Waals surface area contributed by atoms with E-state index >= 15 is 0 Å². The summed E-state index contributed by atoms with van der Waals surface area (Å²) in [6, 6.07) is 15.1. The molecule has 2 heterocycles. The maximum atomic E-state index is 13.2. The van der Waals surface area contributed by atoms with E-state index in [0.717, 1.165) is 16.3 Å². The van der Waals surface area contributed by atoms with Crippen LogP contribution in [-0.2, 0) is 0 Å². The molecule has 4 rings (SSSR count). The van der Waals surface area contributed by atoms with Crippen molar-refractivity contribution >= 4 is 22.4 Å². The van der Waals surface area contributed by atoms with E-state index in [2.05, 4.69) is 10.3 Å². The maximum Gasteiger partial charge on any atom is 0.261 e. The molecule has 0 saturated carbocycles. The van der Waals surface area contributed by atoms with Crippen LogP contribution in [0, 0.1) is 13.8 Å². The molecule has 0 bridgehead atoms. The summed E-state index contributed by atoms with van der Waals surface area (Å²) in [7, 11) is 3.17. The lowest BCUT2D eigenvalue weighted by molar-refractivity contribution is 0.102. The summed E-state index contributed by atoms with van der Waals surface area (Å²) in [6.07, 6.45) is 1.72. The third-order valence-corrected chi connectivity index (χ3v) is 5.88. The Morgan fingerprint density at radius 2 is 1.84 bits per heavy atom. The van der Waals surface area contributed by atoms with E-state index in [-0.39, 0.29) is 5.91 Å². The van der Waals surface area contributed by atoms with Crippen LogP contribution in [0.4, 0.5) is 5.13 Å². The maximum absolute atomic E-state index is 13.2. The van der Waals surface area contributed by atoms with Crippen molar-refractivity contribution in [2.75, 3.05) is 19.5 Å². The van der Waals surface area contributed by atoms with Gasteiger partial charge < -0.3 is 9.47 Å². The van der Waals surface area contributed by atoms with Crippen molar-refractivity contribution in [1.29, 1.82) is 0 Å². The van der Waals surface area contributed by atoms with Crippen LogP contribution in [0.1, 0.15) is 20.9 Å². The highest BCUT2D eigenvalue weighted by Gasteiger charge is 2.22. The highest BCUT2D eigenvalue weighted by molar-refractivity contribution is 7.15. The van der Waals surface area contributed by atoms with Gasteiger partial charge in [-0.3, -0.25) is 10.1 Å². The van der Waals surface area contributed by atoms with Crippen molar-refractivity contribution in [1.82, 2.24) is 14.8 Å². The molecule has 1 amide bonds. The SMILES string of the molecule is COc1ccc(-c2nn(-c3ccccc3)cc2C(=O)Nc2nc(C)c(C)s2)c(OC)c1. The van der Waals surface area contributed by atoms with Gasteiger partial charge in [-0.15, -0.1) is 11.3 Å². The van der Waals surface area contributed by atoms with E-state index in [1.807, 2.05) is 56.3 Å². The van der Waals surface area contributed by atoms with Crippen LogP contribution in [0.5, 0.6) is 11.5 Å². The number of nitrogens with zero attached hydrogens (tertiary/aromatic N) is 3. The third kappa shape index (κ3) is 4.15. The first-order valence-corrected chi connectivity index (χ1v) is 10.4. The first kappa shape index (κ1) is 20.6. The zero-order chi connectivity index (χ0) is 22.0. The average molecular weight is 435 g/mol. The molecule has 4 aromatic rings. The van der Waals surface area contributed by atoms with Crippen LogP contribution in [0.3, 0.4) is 0 Å². The lowest BCUT2D eigenvalue weighted by Gasteiger charge is -2.10. The predicted octanol–water partition coefficient (Wildman–Crippen LogP) is 4.88. The Morgan fingerprint density at radius 3 is 2.48 bits per heavy atom. The Bertz CT molecular complexity index is 1210. The molecule has 2 aromatic heterocycles. The van der Waals surface area contributed by atoms with Crippen molar-refractivity contribution < 1.29 is 14.3 Å². The highest BCUT2D eigenvalue weighted by Crippen LogP contribution is 2.35. The molecule has 0 aliphatic carbocycles. The molecule has 0 aliphatic heterocycles. The number of anilines is 1. The van der Waals surface area contributed by atoms with Gasteiger partial charge in [0, 0.05) is 22.7 Å². The number of hydrogen-bond acceptors (Lipinski definition) is 6. The lowest BCUT2D eigenvalue weighted by Crippen LogP contribution is -2.12. The number of amides is 1. The number of carbonyl (C=O) groups excluding carboxylic acids is 1. The molecule has 0 radical (unpaired) electrons. The molecule has 0 fully saturated rings. The van der Waals surface area contributed by atoms with Gasteiger partial charge in [-0.2, -0.15) is 5.10 Å². The smallest absolute Gasteiger partial charge is 0.261 e. The van der Waals surface area contributed by atoms with Gasteiger partial charge in [0.25, 0.3) is 5.91 Å². The molecule has 0 spiro atoms. The molecule has 0 aliphatic rings. The molecule has 0 unspecified atom stereocenters. The number of aryl methyl sites for hydroxylation is 2. The van der Waals surface area contributed by atoms with Crippen molar-refractivity contribution in [3.05, 3.63) is 70.9 Å². The summed E-state index contributed by atoms with van der Waals surface area (Å²) >= 11 is 1.44. The summed E-state index contributed by atoms with van der Waals surface area (Å²) in [4.78, 5) is 18.7. The molecule has 1 N–H and O–H groups in total. The number of hydrogen-bond donors (Lipinski definition) is 1. The fraction of sp³-hybridized carbons (Fsp3) is 0.174. The van der Waals surface area contributed by atoms with Gasteiger partial charge in [0.15, 0.2) is 5.13 Å². The third-order valence-electron chi connectivity index (χ3n) is 4.89.